The molecule has 2 heterocycles. The van der Waals surface area contributed by atoms with Gasteiger partial charge >= 0.3 is 0 Å². The van der Waals surface area contributed by atoms with Gasteiger partial charge in [-0.1, -0.05) is 54.1 Å². The van der Waals surface area contributed by atoms with Crippen molar-refractivity contribution < 1.29 is 4.79 Å². The molecule has 1 aliphatic heterocycles. The van der Waals surface area contributed by atoms with Crippen LogP contribution in [0.3, 0.4) is 0 Å². The van der Waals surface area contributed by atoms with Gasteiger partial charge in [0.15, 0.2) is 0 Å². The fourth-order valence-electron chi connectivity index (χ4n) is 3.83. The third-order valence-electron chi connectivity index (χ3n) is 5.57. The Hall–Kier alpha value is -3.12. The molecule has 3 aromatic rings. The van der Waals surface area contributed by atoms with Gasteiger partial charge in [-0.15, -0.1) is 0 Å². The molecule has 7 heteroatoms. The van der Waals surface area contributed by atoms with Gasteiger partial charge in [-0.2, -0.15) is 5.10 Å². The molecule has 31 heavy (non-hydrogen) atoms. The number of halogens is 1. The van der Waals surface area contributed by atoms with E-state index in [1.165, 1.54) is 4.68 Å². The van der Waals surface area contributed by atoms with E-state index < -0.39 is 0 Å². The van der Waals surface area contributed by atoms with E-state index in [0.29, 0.717) is 24.7 Å². The van der Waals surface area contributed by atoms with Gasteiger partial charge in [0.25, 0.3) is 5.56 Å². The van der Waals surface area contributed by atoms with Crippen LogP contribution in [0.2, 0.25) is 5.02 Å². The highest BCUT2D eigenvalue weighted by atomic mass is 35.5. The summed E-state index contributed by atoms with van der Waals surface area (Å²) >= 11 is 5.91. The number of piperidine rings is 1. The molecule has 1 atom stereocenters. The Bertz CT molecular complexity index is 1080. The first kappa shape index (κ1) is 21.1. The van der Waals surface area contributed by atoms with Crippen molar-refractivity contribution in [3.8, 4) is 0 Å². The summed E-state index contributed by atoms with van der Waals surface area (Å²) in [5.74, 6) is -0.0853. The molecule has 0 aliphatic carbocycles. The maximum Gasteiger partial charge on any atom is 0.269 e. The summed E-state index contributed by atoms with van der Waals surface area (Å²) in [5.41, 5.74) is 2.66. The Morgan fingerprint density at radius 2 is 1.87 bits per heavy atom. The summed E-state index contributed by atoms with van der Waals surface area (Å²) in [7, 11) is 0. The van der Waals surface area contributed by atoms with Gasteiger partial charge in [0, 0.05) is 30.7 Å². The highest BCUT2D eigenvalue weighted by Gasteiger charge is 2.26. The number of benzene rings is 2. The molecule has 0 radical (unpaired) electrons. The third kappa shape index (κ3) is 5.52. The zero-order chi connectivity index (χ0) is 21.6. The van der Waals surface area contributed by atoms with Crippen LogP contribution in [0.25, 0.3) is 0 Å². The summed E-state index contributed by atoms with van der Waals surface area (Å²) in [4.78, 5) is 27.3. The van der Waals surface area contributed by atoms with Crippen LogP contribution in [-0.4, -0.2) is 28.8 Å². The van der Waals surface area contributed by atoms with Gasteiger partial charge < -0.3 is 10.2 Å². The lowest BCUT2D eigenvalue weighted by Crippen LogP contribution is -2.43. The fourth-order valence-corrected chi connectivity index (χ4v) is 3.96. The van der Waals surface area contributed by atoms with Crippen LogP contribution in [-0.2, 0) is 17.9 Å². The summed E-state index contributed by atoms with van der Waals surface area (Å²) < 4.78 is 1.46. The van der Waals surface area contributed by atoms with Crippen molar-refractivity contribution in [2.45, 2.75) is 25.9 Å². The normalized spacial score (nSPS) is 16.2. The molecular weight excluding hydrogens is 412 g/mol. The van der Waals surface area contributed by atoms with Gasteiger partial charge in [0.1, 0.15) is 0 Å². The van der Waals surface area contributed by atoms with Gasteiger partial charge in [0.05, 0.1) is 24.3 Å². The second kappa shape index (κ2) is 9.79. The van der Waals surface area contributed by atoms with Crippen LogP contribution in [0, 0.1) is 5.92 Å². The Balaban J connectivity index is 1.37. The number of amides is 1. The molecule has 1 unspecified atom stereocenters. The highest BCUT2D eigenvalue weighted by molar-refractivity contribution is 6.30. The van der Waals surface area contributed by atoms with E-state index in [9.17, 15) is 9.59 Å². The highest BCUT2D eigenvalue weighted by Crippen LogP contribution is 2.22. The first-order valence-corrected chi connectivity index (χ1v) is 10.8. The Labute approximate surface area is 186 Å². The second-order valence-electron chi connectivity index (χ2n) is 7.82. The van der Waals surface area contributed by atoms with Crippen LogP contribution in [0.5, 0.6) is 0 Å². The second-order valence-corrected chi connectivity index (χ2v) is 8.26. The molecule has 1 saturated heterocycles. The van der Waals surface area contributed by atoms with Gasteiger partial charge in [-0.05, 0) is 36.1 Å². The molecule has 0 saturated carbocycles. The van der Waals surface area contributed by atoms with Crippen molar-refractivity contribution in [2.24, 2.45) is 5.92 Å². The topological polar surface area (TPSA) is 67.2 Å². The fraction of sp³-hybridized carbons (Fsp3) is 0.292. The lowest BCUT2D eigenvalue weighted by molar-refractivity contribution is -0.125. The molecular formula is C24H25ClN4O2. The van der Waals surface area contributed by atoms with Crippen molar-refractivity contribution in [3.63, 3.8) is 0 Å². The van der Waals surface area contributed by atoms with Crippen molar-refractivity contribution in [1.82, 2.24) is 15.1 Å². The maximum atomic E-state index is 12.7. The number of carbonyl (C=O) groups is 1. The first-order valence-electron chi connectivity index (χ1n) is 10.5. The van der Waals surface area contributed by atoms with E-state index in [0.717, 1.165) is 36.2 Å². The molecule has 1 amide bonds. The third-order valence-corrected chi connectivity index (χ3v) is 5.82. The summed E-state index contributed by atoms with van der Waals surface area (Å²) in [5, 5.41) is 8.05. The predicted molar refractivity (Wildman–Crippen MR) is 122 cm³/mol. The molecule has 1 N–H and O–H groups in total. The largest absolute Gasteiger partial charge is 0.369 e. The van der Waals surface area contributed by atoms with E-state index in [1.54, 1.807) is 12.3 Å². The minimum absolute atomic E-state index is 0.0324. The van der Waals surface area contributed by atoms with Gasteiger partial charge in [-0.25, -0.2) is 4.68 Å². The lowest BCUT2D eigenvalue weighted by atomic mass is 9.96. The van der Waals surface area contributed by atoms with Crippen molar-refractivity contribution in [2.75, 3.05) is 18.0 Å². The first-order chi connectivity index (χ1) is 15.1. The number of aromatic nitrogens is 2. The van der Waals surface area contributed by atoms with Crippen molar-refractivity contribution in [1.29, 1.82) is 0 Å². The molecule has 0 spiro atoms. The smallest absolute Gasteiger partial charge is 0.269 e. The van der Waals surface area contributed by atoms with Crippen LogP contribution >= 0.6 is 11.6 Å². The van der Waals surface area contributed by atoms with Gasteiger partial charge in [-0.3, -0.25) is 9.59 Å². The summed E-state index contributed by atoms with van der Waals surface area (Å²) in [6, 6.07) is 18.8. The average molecular weight is 437 g/mol. The van der Waals surface area contributed by atoms with E-state index in [2.05, 4.69) is 15.3 Å². The standard InChI is InChI=1S/C24H25ClN4O2/c25-21-10-8-18(9-11-21)14-26-24(31)20-7-4-12-28(17-20)22-13-23(30)29(27-15-22)16-19-5-2-1-3-6-19/h1-3,5-6,8-11,13,15,20H,4,7,12,14,16-17H2,(H,26,31). The van der Waals surface area contributed by atoms with E-state index in [4.69, 9.17) is 11.6 Å². The molecule has 1 aromatic heterocycles. The molecule has 4 rings (SSSR count). The minimum Gasteiger partial charge on any atom is -0.369 e. The zero-order valence-electron chi connectivity index (χ0n) is 17.2. The van der Waals surface area contributed by atoms with E-state index >= 15 is 0 Å². The molecule has 1 fully saturated rings. The van der Waals surface area contributed by atoms with Gasteiger partial charge in [0.2, 0.25) is 5.91 Å². The van der Waals surface area contributed by atoms with E-state index in [1.807, 2.05) is 54.6 Å². The van der Waals surface area contributed by atoms with Crippen LogP contribution in [0.4, 0.5) is 5.69 Å². The Kier molecular flexibility index (Phi) is 6.67. The van der Waals surface area contributed by atoms with Crippen molar-refractivity contribution >= 4 is 23.2 Å². The van der Waals surface area contributed by atoms with E-state index in [-0.39, 0.29) is 17.4 Å². The average Bonchev–Trinajstić information content (AvgIpc) is 2.80. The monoisotopic (exact) mass is 436 g/mol. The summed E-state index contributed by atoms with van der Waals surface area (Å²) in [6.07, 6.45) is 3.45. The Morgan fingerprint density at radius 3 is 2.61 bits per heavy atom. The zero-order valence-corrected chi connectivity index (χ0v) is 18.0. The number of nitrogens with one attached hydrogen (secondary N) is 1. The number of hydrogen-bond donors (Lipinski definition) is 1. The molecule has 1 aliphatic rings. The number of anilines is 1. The summed E-state index contributed by atoms with van der Waals surface area (Å²) in [6.45, 7) is 2.31. The van der Waals surface area contributed by atoms with Crippen LogP contribution in [0.15, 0.2) is 71.7 Å². The molecule has 160 valence electrons. The molecule has 0 bridgehead atoms. The lowest BCUT2D eigenvalue weighted by Gasteiger charge is -2.33. The predicted octanol–water partition coefficient (Wildman–Crippen LogP) is 3.48. The van der Waals surface area contributed by atoms with Crippen LogP contribution < -0.4 is 15.8 Å². The quantitative estimate of drug-likeness (QED) is 0.642. The molecule has 2 aromatic carbocycles. The van der Waals surface area contributed by atoms with Crippen LogP contribution in [0.1, 0.15) is 24.0 Å². The minimum atomic E-state index is -0.143. The van der Waals surface area contributed by atoms with Crippen molar-refractivity contribution in [3.05, 3.63) is 93.4 Å². The SMILES string of the molecule is O=C(NCc1ccc(Cl)cc1)C1CCCN(c2cnn(Cc3ccccc3)c(=O)c2)C1. The molecule has 6 nitrogen and oxygen atoms in total. The number of rotatable bonds is 6. The Morgan fingerprint density at radius 1 is 1.10 bits per heavy atom. The number of carbonyl (C=O) groups excluding carboxylic acids is 1. The maximum absolute atomic E-state index is 12.7. The number of nitrogens with zero attached hydrogens (tertiary/aromatic N) is 3. The number of hydrogen-bond acceptors (Lipinski definition) is 4.